The maximum atomic E-state index is 12.7. The van der Waals surface area contributed by atoms with E-state index < -0.39 is 6.04 Å². The fraction of sp³-hybridized carbons (Fsp3) is 0.464. The van der Waals surface area contributed by atoms with E-state index in [-0.39, 0.29) is 23.8 Å². The summed E-state index contributed by atoms with van der Waals surface area (Å²) in [7, 11) is 0. The summed E-state index contributed by atoms with van der Waals surface area (Å²) in [5, 5.41) is 12.6. The van der Waals surface area contributed by atoms with Gasteiger partial charge in [-0.1, -0.05) is 42.8 Å². The van der Waals surface area contributed by atoms with Crippen molar-refractivity contribution in [2.75, 3.05) is 4.90 Å². The molecule has 0 aromatic heterocycles. The lowest BCUT2D eigenvalue weighted by Gasteiger charge is -2.22. The molecule has 0 spiro atoms. The summed E-state index contributed by atoms with van der Waals surface area (Å²) < 4.78 is 0. The van der Waals surface area contributed by atoms with Crippen molar-refractivity contribution in [2.24, 2.45) is 17.8 Å². The highest BCUT2D eigenvalue weighted by Crippen LogP contribution is 2.48. The standard InChI is InChI=1S/C28H31N3O2/c1-17(2)31-26-14-21(9-10-23(26)15-27(31)32)20-6-3-18(4-7-20)12-24(16-29)30-28(33)25-13-19-5-8-22(25)11-19/h3-4,6-7,9-10,14,17,19,22,24-25H,5,8,11-13,15H2,1-2H3,(H,30,33)/t19-,22+,24+,25+/m1/s1. The molecule has 1 heterocycles. The molecule has 5 rings (SSSR count). The fourth-order valence-electron chi connectivity index (χ4n) is 6.11. The van der Waals surface area contributed by atoms with Gasteiger partial charge in [0, 0.05) is 24.1 Å². The fourth-order valence-corrected chi connectivity index (χ4v) is 6.11. The third-order valence-electron chi connectivity index (χ3n) is 7.75. The molecule has 0 unspecified atom stereocenters. The number of hydrogen-bond donors (Lipinski definition) is 1. The Morgan fingerprint density at radius 2 is 1.88 bits per heavy atom. The number of anilines is 1. The van der Waals surface area contributed by atoms with Crippen molar-refractivity contribution in [1.82, 2.24) is 5.32 Å². The number of amides is 2. The summed E-state index contributed by atoms with van der Waals surface area (Å²) in [6.45, 7) is 4.08. The van der Waals surface area contributed by atoms with E-state index in [0.29, 0.717) is 24.7 Å². The van der Waals surface area contributed by atoms with Crippen LogP contribution in [0.1, 0.15) is 50.7 Å². The van der Waals surface area contributed by atoms with E-state index in [4.69, 9.17) is 0 Å². The second kappa shape index (κ2) is 8.67. The lowest BCUT2D eigenvalue weighted by molar-refractivity contribution is -0.127. The van der Waals surface area contributed by atoms with Gasteiger partial charge in [-0.25, -0.2) is 0 Å². The molecule has 2 aromatic rings. The Balaban J connectivity index is 1.26. The van der Waals surface area contributed by atoms with E-state index in [1.54, 1.807) is 0 Å². The Morgan fingerprint density at radius 3 is 2.52 bits per heavy atom. The molecule has 2 bridgehead atoms. The van der Waals surface area contributed by atoms with E-state index >= 15 is 0 Å². The minimum atomic E-state index is -0.506. The van der Waals surface area contributed by atoms with Crippen LogP contribution in [0.4, 0.5) is 5.69 Å². The predicted octanol–water partition coefficient (Wildman–Crippen LogP) is 4.64. The van der Waals surface area contributed by atoms with Gasteiger partial charge in [0.1, 0.15) is 6.04 Å². The van der Waals surface area contributed by atoms with Crippen molar-refractivity contribution >= 4 is 17.5 Å². The van der Waals surface area contributed by atoms with E-state index in [1.165, 1.54) is 12.8 Å². The summed E-state index contributed by atoms with van der Waals surface area (Å²) in [5.41, 5.74) is 5.26. The average Bonchev–Trinajstić information content (AvgIpc) is 3.52. The molecule has 1 N–H and O–H groups in total. The van der Waals surface area contributed by atoms with Gasteiger partial charge in [-0.2, -0.15) is 5.26 Å². The molecular weight excluding hydrogens is 410 g/mol. The summed E-state index contributed by atoms with van der Waals surface area (Å²) in [4.78, 5) is 27.0. The van der Waals surface area contributed by atoms with Crippen LogP contribution in [0.2, 0.25) is 0 Å². The van der Waals surface area contributed by atoms with Crippen molar-refractivity contribution in [1.29, 1.82) is 5.26 Å². The van der Waals surface area contributed by atoms with Crippen LogP contribution in [0.15, 0.2) is 42.5 Å². The van der Waals surface area contributed by atoms with Gasteiger partial charge in [-0.15, -0.1) is 0 Å². The molecule has 0 radical (unpaired) electrons. The Labute approximate surface area is 195 Å². The van der Waals surface area contributed by atoms with Crippen LogP contribution < -0.4 is 10.2 Å². The number of hydrogen-bond acceptors (Lipinski definition) is 3. The van der Waals surface area contributed by atoms with Gasteiger partial charge in [0.05, 0.1) is 12.5 Å². The lowest BCUT2D eigenvalue weighted by atomic mass is 9.88. The monoisotopic (exact) mass is 441 g/mol. The zero-order chi connectivity index (χ0) is 23.1. The first-order valence-electron chi connectivity index (χ1n) is 12.2. The van der Waals surface area contributed by atoms with Crippen molar-refractivity contribution in [3.8, 4) is 17.2 Å². The van der Waals surface area contributed by atoms with Crippen LogP contribution in [0.25, 0.3) is 11.1 Å². The van der Waals surface area contributed by atoms with E-state index in [9.17, 15) is 14.9 Å². The van der Waals surface area contributed by atoms with Crippen molar-refractivity contribution in [2.45, 2.75) is 64.5 Å². The molecule has 3 aliphatic rings. The molecule has 2 aromatic carbocycles. The van der Waals surface area contributed by atoms with Gasteiger partial charge in [0.15, 0.2) is 0 Å². The molecule has 4 atom stereocenters. The third-order valence-corrected chi connectivity index (χ3v) is 7.75. The molecular formula is C28H31N3O2. The number of carbonyl (C=O) groups excluding carboxylic acids is 2. The largest absolute Gasteiger partial charge is 0.340 e. The first-order chi connectivity index (χ1) is 15.9. The molecule has 1 aliphatic heterocycles. The quantitative estimate of drug-likeness (QED) is 0.710. The summed E-state index contributed by atoms with van der Waals surface area (Å²) >= 11 is 0. The molecule has 33 heavy (non-hydrogen) atoms. The molecule has 2 aliphatic carbocycles. The minimum Gasteiger partial charge on any atom is -0.340 e. The van der Waals surface area contributed by atoms with Gasteiger partial charge in [-0.05, 0) is 73.3 Å². The maximum absolute atomic E-state index is 12.7. The van der Waals surface area contributed by atoms with Crippen molar-refractivity contribution in [3.05, 3.63) is 53.6 Å². The topological polar surface area (TPSA) is 73.2 Å². The van der Waals surface area contributed by atoms with E-state index in [1.807, 2.05) is 30.9 Å². The first-order valence-corrected chi connectivity index (χ1v) is 12.2. The van der Waals surface area contributed by atoms with Crippen molar-refractivity contribution < 1.29 is 9.59 Å². The Morgan fingerprint density at radius 1 is 1.12 bits per heavy atom. The minimum absolute atomic E-state index is 0.0627. The van der Waals surface area contributed by atoms with Crippen LogP contribution in [-0.4, -0.2) is 23.9 Å². The number of fused-ring (bicyclic) bond motifs is 3. The second-order valence-electron chi connectivity index (χ2n) is 10.3. The highest BCUT2D eigenvalue weighted by molar-refractivity contribution is 6.02. The van der Waals surface area contributed by atoms with Crippen LogP contribution in [0.3, 0.4) is 0 Å². The number of carbonyl (C=O) groups is 2. The normalized spacial score (nSPS) is 24.1. The molecule has 2 saturated carbocycles. The highest BCUT2D eigenvalue weighted by Gasteiger charge is 2.43. The Bertz CT molecular complexity index is 1110. The lowest BCUT2D eigenvalue weighted by Crippen LogP contribution is -2.40. The summed E-state index contributed by atoms with van der Waals surface area (Å²) in [6, 6.07) is 16.3. The van der Waals surface area contributed by atoms with Crippen LogP contribution in [0, 0.1) is 29.1 Å². The number of nitrogens with zero attached hydrogens (tertiary/aromatic N) is 2. The van der Waals surface area contributed by atoms with Gasteiger partial charge < -0.3 is 10.2 Å². The van der Waals surface area contributed by atoms with Gasteiger partial charge >= 0.3 is 0 Å². The zero-order valence-electron chi connectivity index (χ0n) is 19.4. The second-order valence-corrected chi connectivity index (χ2v) is 10.3. The smallest absolute Gasteiger partial charge is 0.231 e. The van der Waals surface area contributed by atoms with Gasteiger partial charge in [0.25, 0.3) is 0 Å². The Kier molecular flexibility index (Phi) is 5.70. The number of rotatable bonds is 6. The van der Waals surface area contributed by atoms with Crippen LogP contribution >= 0.6 is 0 Å². The average molecular weight is 442 g/mol. The molecule has 0 saturated heterocycles. The Hall–Kier alpha value is -3.13. The summed E-state index contributed by atoms with van der Waals surface area (Å²) in [5.74, 6) is 1.54. The van der Waals surface area contributed by atoms with E-state index in [2.05, 4.69) is 41.7 Å². The van der Waals surface area contributed by atoms with Crippen molar-refractivity contribution in [3.63, 3.8) is 0 Å². The molecule has 5 nitrogen and oxygen atoms in total. The molecule has 2 amide bonds. The predicted molar refractivity (Wildman–Crippen MR) is 128 cm³/mol. The van der Waals surface area contributed by atoms with Gasteiger partial charge in [-0.3, -0.25) is 9.59 Å². The number of nitrogens with one attached hydrogen (secondary N) is 1. The number of benzene rings is 2. The highest BCUT2D eigenvalue weighted by atomic mass is 16.2. The van der Waals surface area contributed by atoms with Gasteiger partial charge in [0.2, 0.25) is 11.8 Å². The zero-order valence-corrected chi connectivity index (χ0v) is 19.4. The number of nitriles is 1. The first kappa shape index (κ1) is 21.7. The maximum Gasteiger partial charge on any atom is 0.231 e. The van der Waals surface area contributed by atoms with Crippen LogP contribution in [0.5, 0.6) is 0 Å². The van der Waals surface area contributed by atoms with E-state index in [0.717, 1.165) is 40.8 Å². The summed E-state index contributed by atoms with van der Waals surface area (Å²) in [6.07, 6.45) is 5.57. The SMILES string of the molecule is CC(C)N1C(=O)Cc2ccc(-c3ccc(C[C@@H](C#N)NC(=O)[C@H]4C[C@@H]5CC[C@H]4C5)cc3)cc21. The molecule has 170 valence electrons. The molecule has 5 heteroatoms. The third kappa shape index (κ3) is 4.15. The van der Waals surface area contributed by atoms with Crippen LogP contribution in [-0.2, 0) is 22.4 Å². The molecule has 2 fully saturated rings.